The molecule has 28 heavy (non-hydrogen) atoms. The lowest BCUT2D eigenvalue weighted by atomic mass is 10.2. The third kappa shape index (κ3) is 3.89. The molecule has 2 aromatic heterocycles. The van der Waals surface area contributed by atoms with Crippen LogP contribution in [0.25, 0.3) is 10.9 Å². The first-order valence-corrected chi connectivity index (χ1v) is 9.14. The molecule has 142 valence electrons. The highest BCUT2D eigenvalue weighted by atomic mass is 35.5. The molecule has 4 rings (SSSR count). The fourth-order valence-corrected chi connectivity index (χ4v) is 3.21. The zero-order valence-electron chi connectivity index (χ0n) is 14.8. The van der Waals surface area contributed by atoms with Gasteiger partial charge in [-0.3, -0.25) is 14.2 Å². The Balaban J connectivity index is 1.36. The first-order valence-electron chi connectivity index (χ1n) is 8.76. The number of amides is 1. The Kier molecular flexibility index (Phi) is 5.08. The monoisotopic (exact) mass is 397 g/mol. The normalized spacial score (nSPS) is 11.1. The molecule has 0 radical (unpaired) electrons. The highest BCUT2D eigenvalue weighted by molar-refractivity contribution is 6.35. The predicted octanol–water partition coefficient (Wildman–Crippen LogP) is 4.10. The van der Waals surface area contributed by atoms with Crippen molar-refractivity contribution in [2.24, 2.45) is 0 Å². The highest BCUT2D eigenvalue weighted by Gasteiger charge is 2.10. The first kappa shape index (κ1) is 18.2. The van der Waals surface area contributed by atoms with Crippen LogP contribution < -0.4 is 5.32 Å². The van der Waals surface area contributed by atoms with Crippen LogP contribution in [0.1, 0.15) is 12.0 Å². The topological polar surface area (TPSA) is 64.7 Å². The summed E-state index contributed by atoms with van der Waals surface area (Å²) in [5.41, 5.74) is 1.99. The summed E-state index contributed by atoms with van der Waals surface area (Å²) < 4.78 is 17.1. The van der Waals surface area contributed by atoms with E-state index in [0.29, 0.717) is 29.4 Å². The van der Waals surface area contributed by atoms with Gasteiger partial charge in [-0.25, -0.2) is 4.39 Å². The molecule has 0 bridgehead atoms. The van der Waals surface area contributed by atoms with Gasteiger partial charge in [0.05, 0.1) is 41.7 Å². The molecular formula is C20H17ClFN5O. The minimum absolute atomic E-state index is 0.156. The van der Waals surface area contributed by atoms with Crippen molar-refractivity contribution < 1.29 is 9.18 Å². The number of hydrogen-bond acceptors (Lipinski definition) is 3. The number of rotatable bonds is 6. The number of anilines is 1. The first-order chi connectivity index (χ1) is 13.6. The number of halogens is 2. The van der Waals surface area contributed by atoms with Gasteiger partial charge in [0.15, 0.2) is 0 Å². The summed E-state index contributed by atoms with van der Waals surface area (Å²) >= 11 is 6.15. The van der Waals surface area contributed by atoms with Gasteiger partial charge in [0.25, 0.3) is 0 Å². The van der Waals surface area contributed by atoms with E-state index in [1.165, 1.54) is 6.07 Å². The zero-order chi connectivity index (χ0) is 19.5. The van der Waals surface area contributed by atoms with Crippen molar-refractivity contribution in [2.45, 2.75) is 19.5 Å². The quantitative estimate of drug-likeness (QED) is 0.532. The molecule has 0 aliphatic carbocycles. The smallest absolute Gasteiger partial charge is 0.226 e. The molecule has 0 saturated carbocycles. The number of carbonyl (C=O) groups excluding carboxylic acids is 1. The Hall–Kier alpha value is -3.19. The molecule has 2 aromatic carbocycles. The van der Waals surface area contributed by atoms with Crippen molar-refractivity contribution in [1.29, 1.82) is 0 Å². The van der Waals surface area contributed by atoms with E-state index in [-0.39, 0.29) is 18.1 Å². The lowest BCUT2D eigenvalue weighted by Crippen LogP contribution is -2.14. The van der Waals surface area contributed by atoms with Crippen LogP contribution in [0.4, 0.5) is 10.1 Å². The van der Waals surface area contributed by atoms with E-state index in [1.807, 2.05) is 18.2 Å². The van der Waals surface area contributed by atoms with E-state index in [2.05, 4.69) is 15.5 Å². The molecule has 0 saturated heterocycles. The molecular weight excluding hydrogens is 381 g/mol. The van der Waals surface area contributed by atoms with Gasteiger partial charge in [-0.05, 0) is 18.2 Å². The van der Waals surface area contributed by atoms with Gasteiger partial charge in [-0.15, -0.1) is 0 Å². The average Bonchev–Trinajstić information content (AvgIpc) is 3.29. The number of benzene rings is 2. The lowest BCUT2D eigenvalue weighted by Gasteiger charge is -2.05. The summed E-state index contributed by atoms with van der Waals surface area (Å²) in [5, 5.41) is 12.8. The number of fused-ring (bicyclic) bond motifs is 1. The molecule has 6 nitrogen and oxygen atoms in total. The molecule has 0 atom stereocenters. The molecule has 2 heterocycles. The van der Waals surface area contributed by atoms with Crippen LogP contribution in [0.2, 0.25) is 5.02 Å². The minimum atomic E-state index is -0.282. The van der Waals surface area contributed by atoms with Crippen LogP contribution in [-0.2, 0) is 17.9 Å². The zero-order valence-corrected chi connectivity index (χ0v) is 15.6. The molecule has 0 spiro atoms. The van der Waals surface area contributed by atoms with E-state index < -0.39 is 0 Å². The van der Waals surface area contributed by atoms with Crippen LogP contribution in [0.5, 0.6) is 0 Å². The molecule has 1 amide bonds. The lowest BCUT2D eigenvalue weighted by molar-refractivity contribution is -0.116. The van der Waals surface area contributed by atoms with E-state index in [9.17, 15) is 9.18 Å². The Morgan fingerprint density at radius 3 is 2.82 bits per heavy atom. The Labute approximate surface area is 165 Å². The van der Waals surface area contributed by atoms with Gasteiger partial charge in [-0.2, -0.15) is 10.2 Å². The summed E-state index contributed by atoms with van der Waals surface area (Å²) in [7, 11) is 0. The summed E-state index contributed by atoms with van der Waals surface area (Å²) in [6.45, 7) is 0.724. The Bertz CT molecular complexity index is 1140. The molecule has 0 fully saturated rings. The van der Waals surface area contributed by atoms with E-state index in [0.717, 1.165) is 10.9 Å². The van der Waals surface area contributed by atoms with Crippen LogP contribution >= 0.6 is 11.6 Å². The largest absolute Gasteiger partial charge is 0.323 e. The van der Waals surface area contributed by atoms with Gasteiger partial charge < -0.3 is 5.32 Å². The number of aromatic nitrogens is 4. The van der Waals surface area contributed by atoms with E-state index in [1.54, 1.807) is 46.2 Å². The minimum Gasteiger partial charge on any atom is -0.323 e. The van der Waals surface area contributed by atoms with Crippen LogP contribution in [0, 0.1) is 5.82 Å². The molecule has 0 unspecified atom stereocenters. The Morgan fingerprint density at radius 1 is 1.11 bits per heavy atom. The highest BCUT2D eigenvalue weighted by Crippen LogP contribution is 2.22. The summed E-state index contributed by atoms with van der Waals surface area (Å²) in [5.74, 6) is -0.439. The fourth-order valence-electron chi connectivity index (χ4n) is 2.99. The standard InChI is InChI=1S/C20H17ClFN5O/c21-17-5-3-7-19-16(17)11-24-27(19)9-8-20(28)25-15-10-23-26(13-15)12-14-4-1-2-6-18(14)22/h1-7,10-11,13H,8-9,12H2,(H,25,28). The van der Waals surface area contributed by atoms with Gasteiger partial charge in [0, 0.05) is 23.6 Å². The van der Waals surface area contributed by atoms with E-state index >= 15 is 0 Å². The van der Waals surface area contributed by atoms with Crippen molar-refractivity contribution in [3.63, 3.8) is 0 Å². The van der Waals surface area contributed by atoms with Gasteiger partial charge in [0.1, 0.15) is 5.82 Å². The third-order valence-corrected chi connectivity index (χ3v) is 4.72. The van der Waals surface area contributed by atoms with Gasteiger partial charge >= 0.3 is 0 Å². The van der Waals surface area contributed by atoms with Crippen molar-refractivity contribution in [3.05, 3.63) is 77.5 Å². The summed E-state index contributed by atoms with van der Waals surface area (Å²) in [4.78, 5) is 12.3. The van der Waals surface area contributed by atoms with E-state index in [4.69, 9.17) is 11.6 Å². The van der Waals surface area contributed by atoms with Crippen molar-refractivity contribution in [1.82, 2.24) is 19.6 Å². The predicted molar refractivity (Wildman–Crippen MR) is 106 cm³/mol. The number of carbonyl (C=O) groups is 1. The summed E-state index contributed by atoms with van der Waals surface area (Å²) in [6, 6.07) is 12.1. The molecule has 0 aliphatic heterocycles. The second-order valence-electron chi connectivity index (χ2n) is 6.36. The maximum Gasteiger partial charge on any atom is 0.226 e. The molecule has 8 heteroatoms. The average molecular weight is 398 g/mol. The van der Waals surface area contributed by atoms with Crippen LogP contribution in [0.15, 0.2) is 61.1 Å². The third-order valence-electron chi connectivity index (χ3n) is 4.39. The van der Waals surface area contributed by atoms with Crippen molar-refractivity contribution >= 4 is 34.1 Å². The number of nitrogens with zero attached hydrogens (tertiary/aromatic N) is 4. The van der Waals surface area contributed by atoms with Crippen molar-refractivity contribution in [2.75, 3.05) is 5.32 Å². The van der Waals surface area contributed by atoms with Crippen LogP contribution in [-0.4, -0.2) is 25.5 Å². The second-order valence-corrected chi connectivity index (χ2v) is 6.76. The maximum atomic E-state index is 13.7. The molecule has 0 aliphatic rings. The number of nitrogens with one attached hydrogen (secondary N) is 1. The van der Waals surface area contributed by atoms with Crippen LogP contribution in [0.3, 0.4) is 0 Å². The number of aryl methyl sites for hydroxylation is 1. The molecule has 1 N–H and O–H groups in total. The van der Waals surface area contributed by atoms with Gasteiger partial charge in [0.2, 0.25) is 5.91 Å². The summed E-state index contributed by atoms with van der Waals surface area (Å²) in [6.07, 6.45) is 5.17. The number of hydrogen-bond donors (Lipinski definition) is 1. The fraction of sp³-hybridized carbons (Fsp3) is 0.150. The SMILES string of the molecule is O=C(CCn1ncc2c(Cl)cccc21)Nc1cnn(Cc2ccccc2F)c1. The second kappa shape index (κ2) is 7.82. The maximum absolute atomic E-state index is 13.7. The van der Waals surface area contributed by atoms with Gasteiger partial charge in [-0.1, -0.05) is 35.9 Å². The Morgan fingerprint density at radius 2 is 1.96 bits per heavy atom. The van der Waals surface area contributed by atoms with Crippen molar-refractivity contribution in [3.8, 4) is 0 Å². The molecule has 4 aromatic rings.